The lowest BCUT2D eigenvalue weighted by Gasteiger charge is -2.54. The largest absolute Gasteiger partial charge is 0.479 e. The molecule has 4 rings (SSSR count). The SMILES string of the molecule is CCO[C@H]1C(=O)N2C([C@]3(C(=O)O)CCC4(OO4)N3C(N)=O)=C(COC(C)=O)CSC12. The molecule has 0 bridgehead atoms. The smallest absolute Gasteiger partial charge is 0.336 e. The second-order valence-corrected chi connectivity index (χ2v) is 8.34. The summed E-state index contributed by atoms with van der Waals surface area (Å²) in [5.74, 6) is -3.71. The third kappa shape index (κ3) is 2.80. The minimum Gasteiger partial charge on any atom is -0.479 e. The van der Waals surface area contributed by atoms with Gasteiger partial charge >= 0.3 is 23.9 Å². The standard InChI is InChI=1S/C17H21N3O9S/c1-3-26-10-12(22)19-11(9(6-27-8(2)21)7-30-13(10)19)16(14(23)24)4-5-17(28-29-17)20(16)15(18)25/h10,13H,3-7H2,1-2H3,(H2,18,25)(H,23,24)/t10-,13?,16-/m0/s1. The topological polar surface area (TPSA) is 165 Å². The molecule has 4 aliphatic rings. The van der Waals surface area contributed by atoms with Crippen molar-refractivity contribution in [3.05, 3.63) is 11.3 Å². The Balaban J connectivity index is 1.84. The van der Waals surface area contributed by atoms with Crippen molar-refractivity contribution in [3.63, 3.8) is 0 Å². The fourth-order valence-electron chi connectivity index (χ4n) is 4.33. The van der Waals surface area contributed by atoms with Crippen LogP contribution >= 0.6 is 11.8 Å². The fraction of sp³-hybridized carbons (Fsp3) is 0.647. The van der Waals surface area contributed by atoms with E-state index in [0.29, 0.717) is 12.2 Å². The van der Waals surface area contributed by atoms with Crippen LogP contribution in [0, 0.1) is 0 Å². The number of nitrogens with two attached hydrogens (primary N) is 1. The van der Waals surface area contributed by atoms with Crippen molar-refractivity contribution in [2.75, 3.05) is 19.0 Å². The number of ether oxygens (including phenoxy) is 2. The van der Waals surface area contributed by atoms with Gasteiger partial charge in [-0.05, 0) is 18.9 Å². The molecule has 3 amide bonds. The van der Waals surface area contributed by atoms with Gasteiger partial charge in [-0.25, -0.2) is 14.5 Å². The average Bonchev–Trinajstić information content (AvgIpc) is 3.36. The van der Waals surface area contributed by atoms with Crippen LogP contribution in [0.5, 0.6) is 0 Å². The van der Waals surface area contributed by atoms with Gasteiger partial charge in [0, 0.05) is 25.7 Å². The number of urea groups is 1. The normalized spacial score (nSPS) is 31.5. The summed E-state index contributed by atoms with van der Waals surface area (Å²) >= 11 is 1.36. The molecule has 13 heteroatoms. The van der Waals surface area contributed by atoms with E-state index in [9.17, 15) is 24.3 Å². The summed E-state index contributed by atoms with van der Waals surface area (Å²) in [6.45, 7) is 3.05. The van der Waals surface area contributed by atoms with Crippen LogP contribution in [0.2, 0.25) is 0 Å². The second-order valence-electron chi connectivity index (χ2n) is 7.24. The van der Waals surface area contributed by atoms with Gasteiger partial charge in [0.05, 0.1) is 5.70 Å². The summed E-state index contributed by atoms with van der Waals surface area (Å²) in [6.07, 6.45) is -0.798. The molecule has 3 saturated heterocycles. The van der Waals surface area contributed by atoms with E-state index in [1.807, 2.05) is 0 Å². The van der Waals surface area contributed by atoms with Crippen LogP contribution in [0.4, 0.5) is 4.79 Å². The Hall–Kier alpha value is -2.35. The van der Waals surface area contributed by atoms with E-state index < -0.39 is 46.8 Å². The zero-order valence-electron chi connectivity index (χ0n) is 16.3. The number of carbonyl (C=O) groups is 4. The molecule has 0 radical (unpaired) electrons. The van der Waals surface area contributed by atoms with Crippen molar-refractivity contribution in [2.24, 2.45) is 5.73 Å². The lowest BCUT2D eigenvalue weighted by Crippen LogP contribution is -2.71. The Labute approximate surface area is 175 Å². The van der Waals surface area contributed by atoms with Gasteiger partial charge in [0.2, 0.25) is 0 Å². The van der Waals surface area contributed by atoms with Crippen molar-refractivity contribution in [1.29, 1.82) is 0 Å². The van der Waals surface area contributed by atoms with Crippen LogP contribution in [0.3, 0.4) is 0 Å². The number of thioether (sulfide) groups is 1. The van der Waals surface area contributed by atoms with Crippen molar-refractivity contribution >= 4 is 35.6 Å². The number of rotatable bonds is 6. The van der Waals surface area contributed by atoms with Gasteiger partial charge in [0.25, 0.3) is 5.91 Å². The molecular formula is C17H21N3O9S. The molecule has 3 N–H and O–H groups in total. The van der Waals surface area contributed by atoms with E-state index in [1.165, 1.54) is 23.6 Å². The highest BCUT2D eigenvalue weighted by Gasteiger charge is 2.74. The molecule has 3 fully saturated rings. The number of aliphatic carboxylic acids is 1. The number of carbonyl (C=O) groups excluding carboxylic acids is 3. The van der Waals surface area contributed by atoms with Gasteiger partial charge in [0.15, 0.2) is 11.6 Å². The lowest BCUT2D eigenvalue weighted by molar-refractivity contribution is -0.166. The maximum Gasteiger partial charge on any atom is 0.336 e. The molecule has 4 heterocycles. The number of carboxylic acids is 1. The zero-order valence-corrected chi connectivity index (χ0v) is 17.1. The van der Waals surface area contributed by atoms with Gasteiger partial charge in [-0.3, -0.25) is 14.5 Å². The molecule has 0 aromatic heterocycles. The fourth-order valence-corrected chi connectivity index (χ4v) is 5.65. The number of hydrogen-bond acceptors (Lipinski definition) is 9. The highest BCUT2D eigenvalue weighted by molar-refractivity contribution is 8.00. The Morgan fingerprint density at radius 3 is 2.57 bits per heavy atom. The first kappa shape index (κ1) is 20.9. The maximum atomic E-state index is 12.9. The van der Waals surface area contributed by atoms with E-state index in [0.717, 1.165) is 4.90 Å². The number of esters is 1. The van der Waals surface area contributed by atoms with E-state index in [2.05, 4.69) is 0 Å². The Morgan fingerprint density at radius 2 is 2.03 bits per heavy atom. The molecule has 4 aliphatic heterocycles. The minimum absolute atomic E-state index is 0.0430. The predicted molar refractivity (Wildman–Crippen MR) is 98.1 cm³/mol. The first-order chi connectivity index (χ1) is 14.2. The summed E-state index contributed by atoms with van der Waals surface area (Å²) in [7, 11) is 0. The molecule has 0 aromatic carbocycles. The van der Waals surface area contributed by atoms with Crippen LogP contribution in [0.1, 0.15) is 26.7 Å². The molecular weight excluding hydrogens is 422 g/mol. The summed E-state index contributed by atoms with van der Waals surface area (Å²) < 4.78 is 10.6. The van der Waals surface area contributed by atoms with Gasteiger partial charge < -0.3 is 20.3 Å². The molecule has 0 aliphatic carbocycles. The zero-order chi connectivity index (χ0) is 21.8. The van der Waals surface area contributed by atoms with Gasteiger partial charge in [0.1, 0.15) is 12.0 Å². The summed E-state index contributed by atoms with van der Waals surface area (Å²) in [5, 5.41) is 9.82. The number of fused-ring (bicyclic) bond motifs is 1. The third-order valence-electron chi connectivity index (χ3n) is 5.56. The number of hydrogen-bond donors (Lipinski definition) is 2. The molecule has 12 nitrogen and oxygen atoms in total. The monoisotopic (exact) mass is 443 g/mol. The quantitative estimate of drug-likeness (QED) is 0.242. The Morgan fingerprint density at radius 1 is 1.33 bits per heavy atom. The van der Waals surface area contributed by atoms with Gasteiger partial charge in [-0.1, -0.05) is 0 Å². The van der Waals surface area contributed by atoms with E-state index in [-0.39, 0.29) is 30.9 Å². The van der Waals surface area contributed by atoms with Crippen LogP contribution in [-0.2, 0) is 33.6 Å². The van der Waals surface area contributed by atoms with Crippen molar-refractivity contribution < 1.29 is 43.5 Å². The number of likely N-dealkylation sites (tertiary alicyclic amines) is 1. The minimum atomic E-state index is -2.02. The summed E-state index contributed by atoms with van der Waals surface area (Å²) in [5.41, 5.74) is 3.95. The van der Waals surface area contributed by atoms with Crippen LogP contribution in [0.25, 0.3) is 0 Å². The van der Waals surface area contributed by atoms with Crippen molar-refractivity contribution in [1.82, 2.24) is 9.80 Å². The highest BCUT2D eigenvalue weighted by Crippen LogP contribution is 2.57. The molecule has 1 unspecified atom stereocenters. The van der Waals surface area contributed by atoms with E-state index in [4.69, 9.17) is 25.0 Å². The molecule has 1 spiro atoms. The van der Waals surface area contributed by atoms with Crippen LogP contribution in [0.15, 0.2) is 11.3 Å². The molecule has 30 heavy (non-hydrogen) atoms. The average molecular weight is 443 g/mol. The van der Waals surface area contributed by atoms with E-state index in [1.54, 1.807) is 6.92 Å². The Bertz CT molecular complexity index is 857. The predicted octanol–water partition coefficient (Wildman–Crippen LogP) is -0.263. The highest BCUT2D eigenvalue weighted by atomic mass is 32.2. The van der Waals surface area contributed by atoms with Crippen molar-refractivity contribution in [3.8, 4) is 0 Å². The maximum absolute atomic E-state index is 12.9. The summed E-state index contributed by atoms with van der Waals surface area (Å²) in [6, 6.07) is -1.07. The molecule has 164 valence electrons. The number of β-lactam (4-membered cyclic amide) rings is 1. The molecule has 3 atom stereocenters. The second kappa shape index (κ2) is 7.11. The summed E-state index contributed by atoms with van der Waals surface area (Å²) in [4.78, 5) is 61.3. The van der Waals surface area contributed by atoms with Gasteiger partial charge in [-0.2, -0.15) is 9.78 Å². The Kier molecular flexibility index (Phi) is 4.96. The number of amides is 3. The van der Waals surface area contributed by atoms with Gasteiger partial charge in [-0.15, -0.1) is 11.8 Å². The molecule has 0 saturated carbocycles. The first-order valence-electron chi connectivity index (χ1n) is 9.31. The van der Waals surface area contributed by atoms with E-state index >= 15 is 0 Å². The third-order valence-corrected chi connectivity index (χ3v) is 6.88. The van der Waals surface area contributed by atoms with Crippen molar-refractivity contribution in [2.45, 2.75) is 49.6 Å². The lowest BCUT2D eigenvalue weighted by atomic mass is 9.85. The van der Waals surface area contributed by atoms with Crippen LogP contribution < -0.4 is 5.73 Å². The molecule has 0 aromatic rings. The number of primary amides is 1. The number of carboxylic acid groups (broad SMARTS) is 1. The first-order valence-corrected chi connectivity index (χ1v) is 10.4. The van der Waals surface area contributed by atoms with Crippen LogP contribution in [-0.4, -0.2) is 80.7 Å². The number of nitrogens with zero attached hydrogens (tertiary/aromatic N) is 2.